The molecule has 3 heteroatoms. The summed E-state index contributed by atoms with van der Waals surface area (Å²) < 4.78 is 0. The van der Waals surface area contributed by atoms with Crippen molar-refractivity contribution >= 4 is 16.9 Å². The van der Waals surface area contributed by atoms with E-state index in [1.54, 1.807) is 0 Å². The molecule has 1 atom stereocenters. The van der Waals surface area contributed by atoms with Crippen molar-refractivity contribution in [2.75, 3.05) is 0 Å². The molecule has 1 unspecified atom stereocenters. The highest BCUT2D eigenvalue weighted by Gasteiger charge is 2.27. The Labute approximate surface area is 106 Å². The lowest BCUT2D eigenvalue weighted by Gasteiger charge is -2.18. The van der Waals surface area contributed by atoms with E-state index in [0.29, 0.717) is 6.42 Å². The van der Waals surface area contributed by atoms with E-state index < -0.39 is 5.97 Å². The minimum absolute atomic E-state index is 0.226. The molecule has 0 aliphatic heterocycles. The quantitative estimate of drug-likeness (QED) is 0.809. The summed E-state index contributed by atoms with van der Waals surface area (Å²) in [5, 5.41) is 10.4. The van der Waals surface area contributed by atoms with Crippen LogP contribution in [0.5, 0.6) is 0 Å². The summed E-state index contributed by atoms with van der Waals surface area (Å²) in [6.45, 7) is 4.19. The fraction of sp³-hybridized carbons (Fsp3) is 0.400. The molecule has 2 aromatic rings. The van der Waals surface area contributed by atoms with Gasteiger partial charge < -0.3 is 10.1 Å². The first-order valence-corrected chi connectivity index (χ1v) is 6.40. The third kappa shape index (κ3) is 1.54. The van der Waals surface area contributed by atoms with E-state index in [1.807, 2.05) is 0 Å². The van der Waals surface area contributed by atoms with Gasteiger partial charge in [0.15, 0.2) is 0 Å². The number of nitrogens with one attached hydrogen (secondary N) is 1. The molecule has 18 heavy (non-hydrogen) atoms. The predicted octanol–water partition coefficient (Wildman–Crippen LogP) is 2.97. The van der Waals surface area contributed by atoms with Crippen molar-refractivity contribution in [2.24, 2.45) is 5.92 Å². The van der Waals surface area contributed by atoms with Crippen molar-refractivity contribution in [1.29, 1.82) is 0 Å². The molecule has 3 nitrogen and oxygen atoms in total. The molecule has 0 saturated heterocycles. The van der Waals surface area contributed by atoms with Crippen molar-refractivity contribution in [1.82, 2.24) is 4.98 Å². The van der Waals surface area contributed by atoms with Crippen LogP contribution in [0.3, 0.4) is 0 Å². The Morgan fingerprint density at radius 1 is 1.33 bits per heavy atom. The second kappa shape index (κ2) is 3.87. The van der Waals surface area contributed by atoms with Gasteiger partial charge in [0, 0.05) is 16.6 Å². The Balaban J connectivity index is 2.21. The number of aromatic nitrogens is 1. The van der Waals surface area contributed by atoms with E-state index in [2.05, 4.69) is 31.0 Å². The van der Waals surface area contributed by atoms with E-state index in [9.17, 15) is 9.90 Å². The average Bonchev–Trinajstić information content (AvgIpc) is 2.73. The summed E-state index contributed by atoms with van der Waals surface area (Å²) in [6, 6.07) is 4.24. The lowest BCUT2D eigenvalue weighted by atomic mass is 9.85. The second-order valence-corrected chi connectivity index (χ2v) is 5.31. The Hall–Kier alpha value is -1.77. The number of carbonyl (C=O) groups is 1. The molecule has 1 heterocycles. The zero-order valence-electron chi connectivity index (χ0n) is 10.7. The van der Waals surface area contributed by atoms with Gasteiger partial charge in [-0.1, -0.05) is 12.1 Å². The Kier molecular flexibility index (Phi) is 2.44. The number of benzene rings is 1. The number of H-pyrrole nitrogens is 1. The smallest absolute Gasteiger partial charge is 0.306 e. The molecule has 1 aromatic carbocycles. The number of aromatic amines is 1. The number of aryl methyl sites for hydroxylation is 3. The average molecular weight is 243 g/mol. The maximum absolute atomic E-state index is 11.2. The van der Waals surface area contributed by atoms with Crippen LogP contribution in [0.2, 0.25) is 0 Å². The Bertz CT molecular complexity index is 639. The largest absolute Gasteiger partial charge is 0.481 e. The zero-order chi connectivity index (χ0) is 12.9. The third-order valence-corrected chi connectivity index (χ3v) is 4.11. The van der Waals surface area contributed by atoms with Crippen LogP contribution >= 0.6 is 0 Å². The number of hydrogen-bond donors (Lipinski definition) is 2. The third-order valence-electron chi connectivity index (χ3n) is 4.11. The molecule has 94 valence electrons. The van der Waals surface area contributed by atoms with Crippen molar-refractivity contribution in [3.63, 3.8) is 0 Å². The van der Waals surface area contributed by atoms with Gasteiger partial charge >= 0.3 is 5.97 Å². The normalized spacial score (nSPS) is 18.9. The van der Waals surface area contributed by atoms with Crippen LogP contribution in [-0.4, -0.2) is 16.1 Å². The van der Waals surface area contributed by atoms with Crippen LogP contribution in [0.15, 0.2) is 12.1 Å². The van der Waals surface area contributed by atoms with Gasteiger partial charge in [0.1, 0.15) is 0 Å². The van der Waals surface area contributed by atoms with Crippen molar-refractivity contribution in [3.05, 3.63) is 34.5 Å². The molecule has 0 radical (unpaired) electrons. The molecule has 0 spiro atoms. The Morgan fingerprint density at radius 2 is 2.06 bits per heavy atom. The minimum Gasteiger partial charge on any atom is -0.481 e. The van der Waals surface area contributed by atoms with E-state index in [0.717, 1.165) is 12.8 Å². The van der Waals surface area contributed by atoms with Crippen LogP contribution in [0, 0.1) is 19.8 Å². The van der Waals surface area contributed by atoms with Gasteiger partial charge in [0.25, 0.3) is 0 Å². The summed E-state index contributed by atoms with van der Waals surface area (Å²) in [6.07, 6.45) is 2.25. The van der Waals surface area contributed by atoms with E-state index in [-0.39, 0.29) is 5.92 Å². The number of hydrogen-bond acceptors (Lipinski definition) is 1. The standard InChI is InChI=1S/C15H17NO2/c1-8-3-4-9(2)14-13(8)11-7-10(15(17)18)5-6-12(11)16-14/h3-4,10,16H,5-7H2,1-2H3,(H,17,18). The fourth-order valence-corrected chi connectivity index (χ4v) is 3.05. The van der Waals surface area contributed by atoms with Crippen molar-refractivity contribution in [3.8, 4) is 0 Å². The monoisotopic (exact) mass is 243 g/mol. The summed E-state index contributed by atoms with van der Waals surface area (Å²) in [5.41, 5.74) is 6.12. The van der Waals surface area contributed by atoms with Gasteiger partial charge in [-0.05, 0) is 49.8 Å². The molecular weight excluding hydrogens is 226 g/mol. The molecule has 0 saturated carbocycles. The summed E-state index contributed by atoms with van der Waals surface area (Å²) in [5.74, 6) is -0.892. The number of carboxylic acid groups (broad SMARTS) is 1. The van der Waals surface area contributed by atoms with Gasteiger partial charge in [-0.15, -0.1) is 0 Å². The molecule has 1 aliphatic rings. The predicted molar refractivity (Wildman–Crippen MR) is 70.9 cm³/mol. The lowest BCUT2D eigenvalue weighted by molar-refractivity contribution is -0.142. The molecule has 2 N–H and O–H groups in total. The molecule has 0 fully saturated rings. The van der Waals surface area contributed by atoms with E-state index in [4.69, 9.17) is 0 Å². The highest BCUT2D eigenvalue weighted by molar-refractivity contribution is 5.91. The van der Waals surface area contributed by atoms with E-state index >= 15 is 0 Å². The number of fused-ring (bicyclic) bond motifs is 3. The summed E-state index contributed by atoms with van der Waals surface area (Å²) in [7, 11) is 0. The van der Waals surface area contributed by atoms with Gasteiger partial charge in [0.2, 0.25) is 0 Å². The first kappa shape index (κ1) is 11.3. The summed E-state index contributed by atoms with van der Waals surface area (Å²) in [4.78, 5) is 14.7. The first-order chi connectivity index (χ1) is 8.58. The highest BCUT2D eigenvalue weighted by atomic mass is 16.4. The Morgan fingerprint density at radius 3 is 2.78 bits per heavy atom. The maximum Gasteiger partial charge on any atom is 0.306 e. The molecule has 1 aromatic heterocycles. The van der Waals surface area contributed by atoms with Crippen molar-refractivity contribution in [2.45, 2.75) is 33.1 Å². The second-order valence-electron chi connectivity index (χ2n) is 5.31. The molecule has 1 aliphatic carbocycles. The maximum atomic E-state index is 11.2. The minimum atomic E-state index is -0.666. The van der Waals surface area contributed by atoms with Crippen LogP contribution in [0.25, 0.3) is 10.9 Å². The van der Waals surface area contributed by atoms with Gasteiger partial charge in [-0.25, -0.2) is 0 Å². The van der Waals surface area contributed by atoms with Crippen LogP contribution < -0.4 is 0 Å². The van der Waals surface area contributed by atoms with Crippen LogP contribution in [-0.2, 0) is 17.6 Å². The highest BCUT2D eigenvalue weighted by Crippen LogP contribution is 2.34. The zero-order valence-corrected chi connectivity index (χ0v) is 10.7. The van der Waals surface area contributed by atoms with Crippen LogP contribution in [0.1, 0.15) is 28.8 Å². The fourth-order valence-electron chi connectivity index (χ4n) is 3.05. The molecule has 0 amide bonds. The first-order valence-electron chi connectivity index (χ1n) is 6.40. The van der Waals surface area contributed by atoms with Gasteiger partial charge in [-0.2, -0.15) is 0 Å². The van der Waals surface area contributed by atoms with Gasteiger partial charge in [0.05, 0.1) is 5.92 Å². The van der Waals surface area contributed by atoms with Gasteiger partial charge in [-0.3, -0.25) is 4.79 Å². The number of carboxylic acids is 1. The topological polar surface area (TPSA) is 53.1 Å². The van der Waals surface area contributed by atoms with Crippen molar-refractivity contribution < 1.29 is 9.90 Å². The molecule has 3 rings (SSSR count). The number of rotatable bonds is 1. The SMILES string of the molecule is Cc1ccc(C)c2c3c([nH]c12)CCC(C(=O)O)C3. The van der Waals surface area contributed by atoms with Crippen LogP contribution in [0.4, 0.5) is 0 Å². The molecular formula is C15H17NO2. The lowest BCUT2D eigenvalue weighted by Crippen LogP contribution is -2.21. The van der Waals surface area contributed by atoms with E-state index in [1.165, 1.54) is 33.3 Å². The summed E-state index contributed by atoms with van der Waals surface area (Å²) >= 11 is 0. The number of aliphatic carboxylic acids is 1. The molecule has 0 bridgehead atoms.